The zero-order valence-corrected chi connectivity index (χ0v) is 22.1. The molecule has 0 aliphatic rings. The van der Waals surface area contributed by atoms with E-state index in [1.54, 1.807) is 19.1 Å². The number of amides is 5. The first-order valence-electron chi connectivity index (χ1n) is 11.4. The van der Waals surface area contributed by atoms with E-state index in [9.17, 15) is 31.6 Å². The van der Waals surface area contributed by atoms with E-state index in [-0.39, 0.29) is 46.4 Å². The first kappa shape index (κ1) is 29.3. The number of carbonyl (C=O) groups is 3. The molecule has 0 aliphatic carbocycles. The third-order valence-corrected chi connectivity index (χ3v) is 6.74. The number of rotatable bonds is 9. The van der Waals surface area contributed by atoms with Crippen LogP contribution in [0.25, 0.3) is 0 Å². The summed E-state index contributed by atoms with van der Waals surface area (Å²) in [5.74, 6) is -2.22. The molecule has 0 aromatic heterocycles. The second-order valence-electron chi connectivity index (χ2n) is 8.19. The van der Waals surface area contributed by atoms with Crippen molar-refractivity contribution in [3.8, 4) is 0 Å². The van der Waals surface area contributed by atoms with Crippen LogP contribution in [-0.4, -0.2) is 39.5 Å². The fourth-order valence-corrected chi connectivity index (χ4v) is 4.36. The summed E-state index contributed by atoms with van der Waals surface area (Å²) in [4.78, 5) is 36.2. The molecule has 0 aliphatic heterocycles. The Bertz CT molecular complexity index is 1500. The van der Waals surface area contributed by atoms with Crippen molar-refractivity contribution in [1.29, 1.82) is 0 Å². The lowest BCUT2D eigenvalue weighted by Gasteiger charge is -2.11. The molecule has 0 heterocycles. The molecule has 206 valence electrons. The van der Waals surface area contributed by atoms with Crippen LogP contribution >= 0.6 is 11.6 Å². The highest BCUT2D eigenvalue weighted by Gasteiger charge is 2.17. The predicted molar refractivity (Wildman–Crippen MR) is 142 cm³/mol. The van der Waals surface area contributed by atoms with Gasteiger partial charge in [-0.25, -0.2) is 31.5 Å². The van der Waals surface area contributed by atoms with Gasteiger partial charge in [0.15, 0.2) is 0 Å². The molecule has 0 spiro atoms. The Hall–Kier alpha value is -4.23. The van der Waals surface area contributed by atoms with Gasteiger partial charge in [-0.05, 0) is 67.4 Å². The number of carbonyl (C=O) groups excluding carboxylic acids is 3. The number of hydrogen-bond donors (Lipinski definition) is 5. The molecule has 0 atom stereocenters. The topological polar surface area (TPSA) is 146 Å². The minimum Gasteiger partial charge on any atom is -0.352 e. The molecule has 10 nitrogen and oxygen atoms in total. The zero-order chi connectivity index (χ0) is 28.6. The van der Waals surface area contributed by atoms with Gasteiger partial charge in [0.2, 0.25) is 0 Å². The molecule has 0 unspecified atom stereocenters. The van der Waals surface area contributed by atoms with Crippen molar-refractivity contribution in [1.82, 2.24) is 15.4 Å². The van der Waals surface area contributed by atoms with Crippen LogP contribution in [0.4, 0.5) is 29.7 Å². The highest BCUT2D eigenvalue weighted by Crippen LogP contribution is 2.20. The maximum absolute atomic E-state index is 14.4. The van der Waals surface area contributed by atoms with Gasteiger partial charge in [0.05, 0.1) is 15.6 Å². The van der Waals surface area contributed by atoms with Gasteiger partial charge < -0.3 is 21.3 Å². The normalized spacial score (nSPS) is 10.9. The van der Waals surface area contributed by atoms with Gasteiger partial charge in [-0.2, -0.15) is 0 Å². The van der Waals surface area contributed by atoms with Crippen LogP contribution in [0, 0.1) is 18.6 Å². The summed E-state index contributed by atoms with van der Waals surface area (Å²) in [5, 5.41) is 9.39. The molecule has 0 saturated carbocycles. The van der Waals surface area contributed by atoms with Gasteiger partial charge in [0, 0.05) is 24.3 Å². The zero-order valence-electron chi connectivity index (χ0n) is 20.5. The van der Waals surface area contributed by atoms with Gasteiger partial charge in [0.25, 0.3) is 15.9 Å². The van der Waals surface area contributed by atoms with E-state index in [1.807, 2.05) is 4.72 Å². The molecule has 0 saturated heterocycles. The van der Waals surface area contributed by atoms with Gasteiger partial charge in [-0.3, -0.25) is 4.79 Å². The number of anilines is 2. The van der Waals surface area contributed by atoms with Gasteiger partial charge in [0.1, 0.15) is 11.6 Å². The molecule has 39 heavy (non-hydrogen) atoms. The Labute approximate surface area is 228 Å². The van der Waals surface area contributed by atoms with Gasteiger partial charge >= 0.3 is 12.1 Å². The first-order chi connectivity index (χ1) is 18.4. The lowest BCUT2D eigenvalue weighted by Crippen LogP contribution is -2.40. The van der Waals surface area contributed by atoms with Crippen molar-refractivity contribution >= 4 is 51.0 Å². The van der Waals surface area contributed by atoms with Crippen molar-refractivity contribution < 1.29 is 31.6 Å². The maximum Gasteiger partial charge on any atom is 0.328 e. The van der Waals surface area contributed by atoms with E-state index in [1.165, 1.54) is 36.4 Å². The van der Waals surface area contributed by atoms with E-state index in [0.717, 1.165) is 17.7 Å². The summed E-state index contributed by atoms with van der Waals surface area (Å²) in [6, 6.07) is 11.3. The summed E-state index contributed by atoms with van der Waals surface area (Å²) >= 11 is 5.59. The van der Waals surface area contributed by atoms with E-state index in [4.69, 9.17) is 11.6 Å². The monoisotopic (exact) mass is 579 g/mol. The largest absolute Gasteiger partial charge is 0.352 e. The number of hydrogen-bond acceptors (Lipinski definition) is 5. The molecule has 3 aromatic carbocycles. The molecule has 0 fully saturated rings. The minimum absolute atomic E-state index is 0.0202. The Morgan fingerprint density at radius 2 is 1.59 bits per heavy atom. The number of benzene rings is 3. The highest BCUT2D eigenvalue weighted by atomic mass is 35.5. The first-order valence-corrected chi connectivity index (χ1v) is 13.3. The number of nitrogens with one attached hydrogen (secondary N) is 5. The quantitative estimate of drug-likeness (QED) is 0.239. The Kier molecular flexibility index (Phi) is 9.79. The van der Waals surface area contributed by atoms with Gasteiger partial charge in [-0.15, -0.1) is 0 Å². The van der Waals surface area contributed by atoms with E-state index >= 15 is 0 Å². The number of sulfonamides is 1. The van der Waals surface area contributed by atoms with Crippen molar-refractivity contribution in [2.24, 2.45) is 0 Å². The van der Waals surface area contributed by atoms with E-state index in [0.29, 0.717) is 0 Å². The Morgan fingerprint density at radius 1 is 0.846 bits per heavy atom. The molecule has 3 rings (SSSR count). The lowest BCUT2D eigenvalue weighted by molar-refractivity contribution is 0.0953. The summed E-state index contributed by atoms with van der Waals surface area (Å²) < 4.78 is 54.3. The molecule has 5 amide bonds. The van der Waals surface area contributed by atoms with E-state index < -0.39 is 39.6 Å². The second-order valence-corrected chi connectivity index (χ2v) is 10.3. The summed E-state index contributed by atoms with van der Waals surface area (Å²) in [5.41, 5.74) is 0.588. The molecular weight excluding hydrogens is 556 g/mol. The van der Waals surface area contributed by atoms with Gasteiger partial charge in [-0.1, -0.05) is 23.7 Å². The maximum atomic E-state index is 14.4. The van der Waals surface area contributed by atoms with Crippen LogP contribution in [0.5, 0.6) is 0 Å². The van der Waals surface area contributed by atoms with E-state index in [2.05, 4.69) is 21.3 Å². The lowest BCUT2D eigenvalue weighted by atomic mass is 10.2. The van der Waals surface area contributed by atoms with Crippen molar-refractivity contribution in [2.45, 2.75) is 18.2 Å². The van der Waals surface area contributed by atoms with Crippen LogP contribution in [-0.2, 0) is 10.0 Å². The smallest absolute Gasteiger partial charge is 0.328 e. The summed E-state index contributed by atoms with van der Waals surface area (Å²) in [7, 11) is -4.03. The average Bonchev–Trinajstić information content (AvgIpc) is 2.87. The van der Waals surface area contributed by atoms with Crippen LogP contribution in [0.3, 0.4) is 0 Å². The van der Waals surface area contributed by atoms with Crippen molar-refractivity contribution in [3.05, 3.63) is 88.4 Å². The number of urea groups is 2. The van der Waals surface area contributed by atoms with Crippen LogP contribution in [0.15, 0.2) is 65.6 Å². The fourth-order valence-electron chi connectivity index (χ4n) is 3.21. The molecular formula is C25H24ClF2N5O5S. The summed E-state index contributed by atoms with van der Waals surface area (Å²) in [6.07, 6.45) is 0.261. The Balaban J connectivity index is 1.41. The fraction of sp³-hybridized carbons (Fsp3) is 0.160. The molecule has 14 heteroatoms. The molecule has 0 bridgehead atoms. The van der Waals surface area contributed by atoms with Crippen molar-refractivity contribution in [2.75, 3.05) is 23.7 Å². The van der Waals surface area contributed by atoms with Crippen LogP contribution < -0.4 is 26.0 Å². The third-order valence-electron chi connectivity index (χ3n) is 5.11. The average molecular weight is 580 g/mol. The molecule has 3 aromatic rings. The number of halogens is 3. The van der Waals surface area contributed by atoms with Crippen LogP contribution in [0.2, 0.25) is 5.02 Å². The SMILES string of the molecule is Cc1cccc(S(=O)(=O)NC(=O)NCCCNC(=O)c2ccc(NC(=O)Nc3ccc(Cl)c(F)c3)c(F)c2)c1. The minimum atomic E-state index is -4.03. The third kappa shape index (κ3) is 8.65. The molecule has 5 N–H and O–H groups in total. The summed E-state index contributed by atoms with van der Waals surface area (Å²) in [6.45, 7) is 1.88. The standard InChI is InChI=1S/C25H24ClF2N5O5S/c1-15-4-2-5-18(12-15)39(37,38)33-24(35)30-11-3-10-29-23(34)16-6-9-22(21(28)13-16)32-25(36)31-17-7-8-19(26)20(27)14-17/h2,4-9,12-14H,3,10-11H2,1H3,(H,29,34)(H2,30,33,35)(H2,31,32,36). The predicted octanol–water partition coefficient (Wildman–Crippen LogP) is 4.38. The van der Waals surface area contributed by atoms with Crippen molar-refractivity contribution in [3.63, 3.8) is 0 Å². The molecule has 0 radical (unpaired) electrons. The number of aryl methyl sites for hydroxylation is 1. The Morgan fingerprint density at radius 3 is 2.28 bits per heavy atom. The highest BCUT2D eigenvalue weighted by molar-refractivity contribution is 7.90. The van der Waals surface area contributed by atoms with Crippen LogP contribution in [0.1, 0.15) is 22.3 Å². The second kappa shape index (κ2) is 13.0.